The summed E-state index contributed by atoms with van der Waals surface area (Å²) < 4.78 is 13.9. The molecule has 2 rings (SSSR count). The summed E-state index contributed by atoms with van der Waals surface area (Å²) >= 11 is 3.30. The second kappa shape index (κ2) is 5.35. The molecular weight excluding hydrogens is 297 g/mol. The molecule has 3 N–H and O–H groups in total. The molecule has 0 aliphatic rings. The number of nitrogens with two attached hydrogens (primary N) is 1. The predicted molar refractivity (Wildman–Crippen MR) is 74.8 cm³/mol. The van der Waals surface area contributed by atoms with Gasteiger partial charge in [-0.2, -0.15) is 0 Å². The third kappa shape index (κ3) is 2.98. The molecule has 1 unspecified atom stereocenters. The molecule has 94 valence electrons. The first-order chi connectivity index (χ1) is 8.56. The van der Waals surface area contributed by atoms with E-state index >= 15 is 0 Å². The quantitative estimate of drug-likeness (QED) is 0.908. The molecule has 0 spiro atoms. The van der Waals surface area contributed by atoms with Gasteiger partial charge in [0.1, 0.15) is 11.6 Å². The Morgan fingerprint density at radius 3 is 2.83 bits per heavy atom. The number of hydrogen-bond acceptors (Lipinski definition) is 3. The van der Waals surface area contributed by atoms with Gasteiger partial charge in [0.25, 0.3) is 0 Å². The van der Waals surface area contributed by atoms with Crippen LogP contribution in [0, 0.1) is 5.82 Å². The van der Waals surface area contributed by atoms with Crippen molar-refractivity contribution in [1.82, 2.24) is 4.98 Å². The fourth-order valence-electron chi connectivity index (χ4n) is 1.64. The number of rotatable bonds is 3. The fraction of sp³-hybridized carbons (Fsp3) is 0.154. The number of nitrogens with zero attached hydrogens (tertiary/aromatic N) is 1. The molecule has 3 nitrogen and oxygen atoms in total. The van der Waals surface area contributed by atoms with Crippen LogP contribution >= 0.6 is 15.9 Å². The molecule has 0 saturated carbocycles. The zero-order valence-electron chi connectivity index (χ0n) is 9.82. The highest BCUT2D eigenvalue weighted by atomic mass is 79.9. The van der Waals surface area contributed by atoms with Gasteiger partial charge in [-0.25, -0.2) is 9.37 Å². The van der Waals surface area contributed by atoms with Crippen LogP contribution in [-0.4, -0.2) is 4.98 Å². The first-order valence-electron chi connectivity index (χ1n) is 5.49. The SMILES string of the molecule is CC(Nc1ncc(Br)cc1N)c1cccc(F)c1. The molecule has 18 heavy (non-hydrogen) atoms. The summed E-state index contributed by atoms with van der Waals surface area (Å²) in [6.45, 7) is 1.93. The van der Waals surface area contributed by atoms with Crippen molar-refractivity contribution in [2.45, 2.75) is 13.0 Å². The first kappa shape index (κ1) is 12.8. The van der Waals surface area contributed by atoms with Crippen LogP contribution in [0.15, 0.2) is 41.0 Å². The Balaban J connectivity index is 2.18. The van der Waals surface area contributed by atoms with Gasteiger partial charge in [-0.1, -0.05) is 12.1 Å². The van der Waals surface area contributed by atoms with Gasteiger partial charge in [-0.3, -0.25) is 0 Å². The summed E-state index contributed by atoms with van der Waals surface area (Å²) in [5.74, 6) is 0.341. The van der Waals surface area contributed by atoms with Gasteiger partial charge in [0, 0.05) is 10.7 Å². The lowest BCUT2D eigenvalue weighted by atomic mass is 10.1. The number of benzene rings is 1. The van der Waals surface area contributed by atoms with E-state index in [9.17, 15) is 4.39 Å². The molecular formula is C13H13BrFN3. The molecule has 0 radical (unpaired) electrons. The minimum absolute atomic E-state index is 0.0725. The van der Waals surface area contributed by atoms with Crippen molar-refractivity contribution in [1.29, 1.82) is 0 Å². The van der Waals surface area contributed by atoms with Crippen LogP contribution in [0.3, 0.4) is 0 Å². The topological polar surface area (TPSA) is 50.9 Å². The molecule has 1 aromatic heterocycles. The van der Waals surface area contributed by atoms with Crippen molar-refractivity contribution in [2.75, 3.05) is 11.1 Å². The van der Waals surface area contributed by atoms with Crippen LogP contribution in [0.25, 0.3) is 0 Å². The number of pyridine rings is 1. The average molecular weight is 310 g/mol. The number of halogens is 2. The highest BCUT2D eigenvalue weighted by molar-refractivity contribution is 9.10. The summed E-state index contributed by atoms with van der Waals surface area (Å²) in [6, 6.07) is 8.15. The van der Waals surface area contributed by atoms with E-state index < -0.39 is 0 Å². The van der Waals surface area contributed by atoms with Crippen molar-refractivity contribution in [2.24, 2.45) is 0 Å². The van der Waals surface area contributed by atoms with Crippen molar-refractivity contribution in [3.05, 3.63) is 52.4 Å². The second-order valence-electron chi connectivity index (χ2n) is 4.01. The Kier molecular flexibility index (Phi) is 3.81. The predicted octanol–water partition coefficient (Wildman–Crippen LogP) is 3.74. The van der Waals surface area contributed by atoms with Crippen LogP contribution in [0.1, 0.15) is 18.5 Å². The van der Waals surface area contributed by atoms with Gasteiger partial charge in [-0.05, 0) is 46.6 Å². The molecule has 2 aromatic rings. The van der Waals surface area contributed by atoms with E-state index in [0.29, 0.717) is 11.5 Å². The summed E-state index contributed by atoms with van der Waals surface area (Å²) in [7, 11) is 0. The van der Waals surface area contributed by atoms with Crippen LogP contribution in [0.5, 0.6) is 0 Å². The zero-order valence-corrected chi connectivity index (χ0v) is 11.4. The van der Waals surface area contributed by atoms with Gasteiger partial charge in [0.2, 0.25) is 0 Å². The fourth-order valence-corrected chi connectivity index (χ4v) is 1.99. The molecule has 0 bridgehead atoms. The maximum Gasteiger partial charge on any atom is 0.149 e. The Bertz CT molecular complexity index is 560. The second-order valence-corrected chi connectivity index (χ2v) is 4.93. The van der Waals surface area contributed by atoms with Crippen LogP contribution in [0.2, 0.25) is 0 Å². The number of hydrogen-bond donors (Lipinski definition) is 2. The zero-order chi connectivity index (χ0) is 13.1. The number of nitrogen functional groups attached to an aromatic ring is 1. The molecule has 1 aromatic carbocycles. The van der Waals surface area contributed by atoms with Crippen molar-refractivity contribution < 1.29 is 4.39 Å². The average Bonchev–Trinajstić information content (AvgIpc) is 2.32. The maximum absolute atomic E-state index is 13.1. The van der Waals surface area contributed by atoms with Crippen molar-refractivity contribution >= 4 is 27.4 Å². The lowest BCUT2D eigenvalue weighted by Gasteiger charge is -2.16. The van der Waals surface area contributed by atoms with Crippen LogP contribution in [-0.2, 0) is 0 Å². The molecule has 1 atom stereocenters. The van der Waals surface area contributed by atoms with E-state index in [1.54, 1.807) is 18.3 Å². The van der Waals surface area contributed by atoms with Gasteiger partial charge in [0.15, 0.2) is 0 Å². The van der Waals surface area contributed by atoms with E-state index in [1.165, 1.54) is 12.1 Å². The molecule has 0 aliphatic carbocycles. The molecule has 0 amide bonds. The van der Waals surface area contributed by atoms with E-state index in [1.807, 2.05) is 13.0 Å². The number of aromatic nitrogens is 1. The monoisotopic (exact) mass is 309 g/mol. The summed E-state index contributed by atoms with van der Waals surface area (Å²) in [5.41, 5.74) is 7.24. The minimum Gasteiger partial charge on any atom is -0.396 e. The van der Waals surface area contributed by atoms with Gasteiger partial charge in [0.05, 0.1) is 11.7 Å². The Morgan fingerprint density at radius 2 is 2.17 bits per heavy atom. The summed E-state index contributed by atoms with van der Waals surface area (Å²) in [6.07, 6.45) is 1.66. The van der Waals surface area contributed by atoms with Crippen molar-refractivity contribution in [3.8, 4) is 0 Å². The normalized spacial score (nSPS) is 12.2. The van der Waals surface area contributed by atoms with E-state index in [0.717, 1.165) is 10.0 Å². The molecule has 0 fully saturated rings. The minimum atomic E-state index is -0.252. The Morgan fingerprint density at radius 1 is 1.39 bits per heavy atom. The van der Waals surface area contributed by atoms with E-state index in [-0.39, 0.29) is 11.9 Å². The summed E-state index contributed by atoms with van der Waals surface area (Å²) in [4.78, 5) is 4.19. The van der Waals surface area contributed by atoms with E-state index in [2.05, 4.69) is 26.2 Å². The third-order valence-electron chi connectivity index (χ3n) is 2.59. The first-order valence-corrected chi connectivity index (χ1v) is 6.28. The highest BCUT2D eigenvalue weighted by Crippen LogP contribution is 2.24. The van der Waals surface area contributed by atoms with Crippen LogP contribution < -0.4 is 11.1 Å². The maximum atomic E-state index is 13.1. The molecule has 5 heteroatoms. The number of anilines is 2. The highest BCUT2D eigenvalue weighted by Gasteiger charge is 2.09. The van der Waals surface area contributed by atoms with Crippen LogP contribution in [0.4, 0.5) is 15.9 Å². The van der Waals surface area contributed by atoms with Gasteiger partial charge >= 0.3 is 0 Å². The Labute approximate surface area is 113 Å². The smallest absolute Gasteiger partial charge is 0.149 e. The third-order valence-corrected chi connectivity index (χ3v) is 3.02. The largest absolute Gasteiger partial charge is 0.396 e. The molecule has 0 aliphatic heterocycles. The van der Waals surface area contributed by atoms with Crippen molar-refractivity contribution in [3.63, 3.8) is 0 Å². The molecule has 0 saturated heterocycles. The lowest BCUT2D eigenvalue weighted by molar-refractivity contribution is 0.623. The van der Waals surface area contributed by atoms with Gasteiger partial charge in [-0.15, -0.1) is 0 Å². The number of nitrogens with one attached hydrogen (secondary N) is 1. The molecule has 1 heterocycles. The van der Waals surface area contributed by atoms with Gasteiger partial charge < -0.3 is 11.1 Å². The Hall–Kier alpha value is -1.62. The van der Waals surface area contributed by atoms with E-state index in [4.69, 9.17) is 5.73 Å². The standard InChI is InChI=1S/C13H13BrFN3/c1-8(9-3-2-4-11(15)5-9)18-13-12(16)6-10(14)7-17-13/h2-8H,16H2,1H3,(H,17,18). The lowest BCUT2D eigenvalue weighted by Crippen LogP contribution is -2.10. The summed E-state index contributed by atoms with van der Waals surface area (Å²) in [5, 5.41) is 3.16.